The predicted octanol–water partition coefficient (Wildman–Crippen LogP) is 4.41. The van der Waals surface area contributed by atoms with Crippen LogP contribution in [0, 0.1) is 0 Å². The zero-order valence-corrected chi connectivity index (χ0v) is 14.4. The van der Waals surface area contributed by atoms with Crippen LogP contribution in [0.3, 0.4) is 0 Å². The minimum Gasteiger partial charge on any atom is -0.481 e. The van der Waals surface area contributed by atoms with Crippen molar-refractivity contribution in [3.8, 4) is 5.75 Å². The number of fused-ring (bicyclic) bond motifs is 1. The minimum absolute atomic E-state index is 0.321. The number of hydrazone groups is 1. The molecule has 0 saturated heterocycles. The van der Waals surface area contributed by atoms with E-state index in [2.05, 4.69) is 10.5 Å². The lowest BCUT2D eigenvalue weighted by Crippen LogP contribution is -2.33. The summed E-state index contributed by atoms with van der Waals surface area (Å²) >= 11 is 5.82. The summed E-state index contributed by atoms with van der Waals surface area (Å²) in [4.78, 5) is 12.1. The number of rotatable bonds is 5. The molecular formula is C20H17ClN2O2. The lowest BCUT2D eigenvalue weighted by Gasteiger charge is -2.13. The quantitative estimate of drug-likeness (QED) is 0.546. The topological polar surface area (TPSA) is 50.7 Å². The van der Waals surface area contributed by atoms with Gasteiger partial charge in [-0.25, -0.2) is 5.43 Å². The Morgan fingerprint density at radius 2 is 1.80 bits per heavy atom. The molecule has 0 heterocycles. The molecule has 0 unspecified atom stereocenters. The largest absolute Gasteiger partial charge is 0.481 e. The molecule has 4 nitrogen and oxygen atoms in total. The molecule has 0 spiro atoms. The maximum atomic E-state index is 12.1. The number of hydrogen-bond acceptors (Lipinski definition) is 3. The molecule has 126 valence electrons. The highest BCUT2D eigenvalue weighted by Gasteiger charge is 2.14. The molecule has 0 bridgehead atoms. The molecule has 5 heteroatoms. The maximum absolute atomic E-state index is 12.1. The zero-order valence-electron chi connectivity index (χ0n) is 13.6. The lowest BCUT2D eigenvalue weighted by atomic mass is 10.1. The van der Waals surface area contributed by atoms with E-state index in [0.29, 0.717) is 10.8 Å². The van der Waals surface area contributed by atoms with Gasteiger partial charge in [0.2, 0.25) is 0 Å². The highest BCUT2D eigenvalue weighted by atomic mass is 35.5. The molecule has 0 aromatic heterocycles. The van der Waals surface area contributed by atoms with Gasteiger partial charge in [0.25, 0.3) is 5.91 Å². The van der Waals surface area contributed by atoms with Crippen LogP contribution in [0.4, 0.5) is 0 Å². The summed E-state index contributed by atoms with van der Waals surface area (Å²) in [7, 11) is 0. The van der Waals surface area contributed by atoms with Crippen LogP contribution in [0.15, 0.2) is 71.8 Å². The first kappa shape index (κ1) is 17.0. The van der Waals surface area contributed by atoms with Gasteiger partial charge in [0.1, 0.15) is 5.75 Å². The Hall–Kier alpha value is -2.85. The smallest absolute Gasteiger partial charge is 0.280 e. The van der Waals surface area contributed by atoms with E-state index in [1.807, 2.05) is 54.6 Å². The Kier molecular flexibility index (Phi) is 5.31. The van der Waals surface area contributed by atoms with Crippen molar-refractivity contribution in [1.29, 1.82) is 0 Å². The summed E-state index contributed by atoms with van der Waals surface area (Å²) in [5.41, 5.74) is 3.32. The van der Waals surface area contributed by atoms with Gasteiger partial charge < -0.3 is 4.74 Å². The van der Waals surface area contributed by atoms with Crippen LogP contribution in [-0.4, -0.2) is 18.2 Å². The average Bonchev–Trinajstić information content (AvgIpc) is 2.63. The van der Waals surface area contributed by atoms with Gasteiger partial charge in [0.15, 0.2) is 6.10 Å². The monoisotopic (exact) mass is 352 g/mol. The van der Waals surface area contributed by atoms with Crippen molar-refractivity contribution >= 4 is 34.5 Å². The Morgan fingerprint density at radius 3 is 2.56 bits per heavy atom. The van der Waals surface area contributed by atoms with Gasteiger partial charge >= 0.3 is 0 Å². The van der Waals surface area contributed by atoms with Gasteiger partial charge in [0, 0.05) is 5.02 Å². The van der Waals surface area contributed by atoms with E-state index < -0.39 is 6.10 Å². The number of amides is 1. The summed E-state index contributed by atoms with van der Waals surface area (Å²) < 4.78 is 5.70. The number of ether oxygens (including phenoxy) is 1. The van der Waals surface area contributed by atoms with Crippen molar-refractivity contribution < 1.29 is 9.53 Å². The molecule has 25 heavy (non-hydrogen) atoms. The normalized spacial score (nSPS) is 12.2. The van der Waals surface area contributed by atoms with Crippen molar-refractivity contribution in [3.05, 3.63) is 77.3 Å². The third-order valence-corrected chi connectivity index (χ3v) is 3.91. The fraction of sp³-hybridized carbons (Fsp3) is 0.100. The molecule has 3 aromatic carbocycles. The molecule has 0 fully saturated rings. The third-order valence-electron chi connectivity index (χ3n) is 3.66. The number of hydrogen-bond donors (Lipinski definition) is 1. The van der Waals surface area contributed by atoms with Gasteiger partial charge in [-0.15, -0.1) is 0 Å². The number of carbonyl (C=O) groups excluding carboxylic acids is 1. The van der Waals surface area contributed by atoms with Gasteiger partial charge in [0.05, 0.1) is 6.21 Å². The van der Waals surface area contributed by atoms with Crippen LogP contribution in [0.25, 0.3) is 10.8 Å². The first-order valence-corrected chi connectivity index (χ1v) is 8.23. The number of carbonyl (C=O) groups is 1. The predicted molar refractivity (Wildman–Crippen MR) is 101 cm³/mol. The van der Waals surface area contributed by atoms with E-state index in [0.717, 1.165) is 16.3 Å². The van der Waals surface area contributed by atoms with Gasteiger partial charge in [-0.1, -0.05) is 54.1 Å². The highest BCUT2D eigenvalue weighted by Crippen LogP contribution is 2.21. The fourth-order valence-corrected chi connectivity index (χ4v) is 2.43. The zero-order chi connectivity index (χ0) is 17.6. The van der Waals surface area contributed by atoms with Crippen LogP contribution in [0.2, 0.25) is 5.02 Å². The van der Waals surface area contributed by atoms with Crippen molar-refractivity contribution in [2.45, 2.75) is 13.0 Å². The summed E-state index contributed by atoms with van der Waals surface area (Å²) in [6, 6.07) is 20.9. The summed E-state index contributed by atoms with van der Waals surface area (Å²) in [6.07, 6.45) is 0.889. The number of nitrogens with one attached hydrogen (secondary N) is 1. The molecule has 0 radical (unpaired) electrons. The second kappa shape index (κ2) is 7.81. The van der Waals surface area contributed by atoms with Crippen LogP contribution < -0.4 is 10.2 Å². The molecule has 3 aromatic rings. The van der Waals surface area contributed by atoms with Crippen molar-refractivity contribution in [2.24, 2.45) is 5.10 Å². The first-order chi connectivity index (χ1) is 12.1. The fourth-order valence-electron chi connectivity index (χ4n) is 2.31. The van der Waals surface area contributed by atoms with Crippen molar-refractivity contribution in [1.82, 2.24) is 5.43 Å². The second-order valence-corrected chi connectivity index (χ2v) is 5.99. The molecule has 0 saturated carbocycles. The van der Waals surface area contributed by atoms with E-state index >= 15 is 0 Å². The number of benzene rings is 3. The Morgan fingerprint density at radius 1 is 1.08 bits per heavy atom. The average molecular weight is 353 g/mol. The molecular weight excluding hydrogens is 336 g/mol. The molecule has 1 N–H and O–H groups in total. The molecule has 0 aliphatic carbocycles. The number of nitrogens with zero attached hydrogens (tertiary/aromatic N) is 1. The minimum atomic E-state index is -0.663. The van der Waals surface area contributed by atoms with E-state index in [-0.39, 0.29) is 5.91 Å². The Labute approximate surface area is 151 Å². The first-order valence-electron chi connectivity index (χ1n) is 7.86. The lowest BCUT2D eigenvalue weighted by molar-refractivity contribution is -0.127. The molecule has 0 aliphatic rings. The SMILES string of the molecule is C[C@H](Oc1ccc2ccccc2c1)C(=O)N/N=C\c1ccc(Cl)cc1. The summed E-state index contributed by atoms with van der Waals surface area (Å²) in [6.45, 7) is 1.68. The van der Waals surface area contributed by atoms with Gasteiger partial charge in [-0.05, 0) is 47.5 Å². The third kappa shape index (κ3) is 4.58. The van der Waals surface area contributed by atoms with E-state index in [1.165, 1.54) is 0 Å². The Balaban J connectivity index is 1.58. The number of halogens is 1. The van der Waals surface area contributed by atoms with Gasteiger partial charge in [-0.3, -0.25) is 4.79 Å². The van der Waals surface area contributed by atoms with Gasteiger partial charge in [-0.2, -0.15) is 5.10 Å². The highest BCUT2D eigenvalue weighted by molar-refractivity contribution is 6.30. The van der Waals surface area contributed by atoms with Crippen molar-refractivity contribution in [2.75, 3.05) is 0 Å². The Bertz CT molecular complexity index is 907. The van der Waals surface area contributed by atoms with Crippen LogP contribution >= 0.6 is 11.6 Å². The van der Waals surface area contributed by atoms with E-state index in [1.54, 1.807) is 25.3 Å². The second-order valence-electron chi connectivity index (χ2n) is 5.55. The standard InChI is InChI=1S/C20H17ClN2O2/c1-14(20(24)23-22-13-15-6-9-18(21)10-7-15)25-19-11-8-16-4-2-3-5-17(16)12-19/h2-14H,1H3,(H,23,24)/b22-13-/t14-/m0/s1. The summed E-state index contributed by atoms with van der Waals surface area (Å²) in [5.74, 6) is 0.321. The maximum Gasteiger partial charge on any atom is 0.280 e. The van der Waals surface area contributed by atoms with E-state index in [4.69, 9.17) is 16.3 Å². The van der Waals surface area contributed by atoms with E-state index in [9.17, 15) is 4.79 Å². The van der Waals surface area contributed by atoms with Crippen LogP contribution in [0.5, 0.6) is 5.75 Å². The molecule has 3 rings (SSSR count). The van der Waals surface area contributed by atoms with Crippen LogP contribution in [-0.2, 0) is 4.79 Å². The summed E-state index contributed by atoms with van der Waals surface area (Å²) in [5, 5.41) is 6.78. The van der Waals surface area contributed by atoms with Crippen LogP contribution in [0.1, 0.15) is 12.5 Å². The molecule has 0 aliphatic heterocycles. The van der Waals surface area contributed by atoms with Crippen molar-refractivity contribution in [3.63, 3.8) is 0 Å². The molecule has 1 amide bonds. The molecule has 1 atom stereocenters.